The molecule has 0 aliphatic heterocycles. The first-order chi connectivity index (χ1) is 45.2. The Balaban J connectivity index is 0.965. The molecule has 7 nitrogen and oxygen atoms in total. The van der Waals surface area contributed by atoms with Crippen molar-refractivity contribution >= 4 is 43.6 Å². The van der Waals surface area contributed by atoms with E-state index < -0.39 is 11.7 Å². The van der Waals surface area contributed by atoms with Crippen LogP contribution in [0.4, 0.5) is 13.2 Å². The monoisotopic (exact) mass is 1190 g/mol. The summed E-state index contributed by atoms with van der Waals surface area (Å²) in [6, 6.07) is 101. The third kappa shape index (κ3) is 9.82. The molecule has 434 valence electrons. The second-order valence-electron chi connectivity index (χ2n) is 22.7. The van der Waals surface area contributed by atoms with Crippen molar-refractivity contribution in [1.29, 1.82) is 5.26 Å². The number of rotatable bonds is 11. The van der Waals surface area contributed by atoms with E-state index in [0.29, 0.717) is 16.7 Å². The van der Waals surface area contributed by atoms with E-state index in [0.717, 1.165) is 129 Å². The molecular weight excluding hydrogens is 1140 g/mol. The van der Waals surface area contributed by atoms with Crippen molar-refractivity contribution in [1.82, 2.24) is 29.1 Å². The van der Waals surface area contributed by atoms with Crippen LogP contribution in [-0.2, 0) is 6.18 Å². The lowest BCUT2D eigenvalue weighted by molar-refractivity contribution is -0.137. The highest BCUT2D eigenvalue weighted by atomic mass is 19.4. The maximum absolute atomic E-state index is 15.7. The first-order valence-corrected chi connectivity index (χ1v) is 30.2. The number of nitrogens with zero attached hydrogens (tertiary/aromatic N) is 7. The molecule has 0 aliphatic carbocycles. The van der Waals surface area contributed by atoms with E-state index in [1.807, 2.05) is 247 Å². The van der Waals surface area contributed by atoms with Gasteiger partial charge >= 0.3 is 6.18 Å². The van der Waals surface area contributed by atoms with Crippen molar-refractivity contribution in [2.45, 2.75) is 6.18 Å². The van der Waals surface area contributed by atoms with Crippen molar-refractivity contribution in [3.63, 3.8) is 0 Å². The average molecular weight is 1190 g/mol. The zero-order valence-electron chi connectivity index (χ0n) is 49.1. The molecule has 0 saturated carbocycles. The molecule has 6 heterocycles. The molecule has 0 radical (unpaired) electrons. The third-order valence-corrected chi connectivity index (χ3v) is 17.2. The van der Waals surface area contributed by atoms with Crippen LogP contribution in [0.1, 0.15) is 11.1 Å². The van der Waals surface area contributed by atoms with Crippen LogP contribution >= 0.6 is 0 Å². The highest BCUT2D eigenvalue weighted by Gasteiger charge is 2.35. The number of fused-ring (bicyclic) bond motifs is 6. The summed E-state index contributed by atoms with van der Waals surface area (Å²) in [6.07, 6.45) is -4.75. The largest absolute Gasteiger partial charge is 0.417 e. The van der Waals surface area contributed by atoms with Crippen molar-refractivity contribution in [2.75, 3.05) is 0 Å². The zero-order chi connectivity index (χ0) is 61.9. The van der Waals surface area contributed by atoms with E-state index in [9.17, 15) is 5.26 Å². The first kappa shape index (κ1) is 55.0. The highest BCUT2D eigenvalue weighted by molar-refractivity contribution is 6.14. The Morgan fingerprint density at radius 3 is 0.913 bits per heavy atom. The van der Waals surface area contributed by atoms with Gasteiger partial charge in [0.25, 0.3) is 0 Å². The molecule has 92 heavy (non-hydrogen) atoms. The molecule has 16 aromatic rings. The van der Waals surface area contributed by atoms with E-state index in [1.54, 1.807) is 18.2 Å². The van der Waals surface area contributed by atoms with Crippen molar-refractivity contribution in [2.24, 2.45) is 0 Å². The van der Waals surface area contributed by atoms with Gasteiger partial charge in [-0.2, -0.15) is 18.4 Å². The summed E-state index contributed by atoms with van der Waals surface area (Å²) in [6.45, 7) is 0. The Morgan fingerprint density at radius 1 is 0.283 bits per heavy atom. The number of hydrogen-bond acceptors (Lipinski definition) is 5. The first-order valence-electron chi connectivity index (χ1n) is 30.2. The normalized spacial score (nSPS) is 11.6. The van der Waals surface area contributed by atoms with Crippen LogP contribution < -0.4 is 0 Å². The van der Waals surface area contributed by atoms with E-state index in [-0.39, 0.29) is 22.4 Å². The average Bonchev–Trinajstić information content (AvgIpc) is 1.54. The van der Waals surface area contributed by atoms with Gasteiger partial charge in [-0.05, 0) is 115 Å². The topological polar surface area (TPSA) is 85.2 Å². The Bertz CT molecular complexity index is 5300. The summed E-state index contributed by atoms with van der Waals surface area (Å²) >= 11 is 0. The molecule has 0 atom stereocenters. The fraction of sp³-hybridized carbons (Fsp3) is 0.0122. The van der Waals surface area contributed by atoms with Gasteiger partial charge in [-0.25, -0.2) is 19.9 Å². The van der Waals surface area contributed by atoms with E-state index in [2.05, 4.69) is 34.9 Å². The van der Waals surface area contributed by atoms with Gasteiger partial charge in [-0.3, -0.25) is 0 Å². The predicted molar refractivity (Wildman–Crippen MR) is 365 cm³/mol. The lowest BCUT2D eigenvalue weighted by atomic mass is 9.94. The number of halogens is 3. The summed E-state index contributed by atoms with van der Waals surface area (Å²) in [5, 5.41) is 15.5. The molecular formula is C82H50F3N7. The van der Waals surface area contributed by atoms with Crippen LogP contribution in [0.2, 0.25) is 0 Å². The van der Waals surface area contributed by atoms with Gasteiger partial charge in [-0.15, -0.1) is 0 Å². The third-order valence-electron chi connectivity index (χ3n) is 17.2. The quantitative estimate of drug-likeness (QED) is 0.129. The molecule has 10 heteroatoms. The molecule has 0 fully saturated rings. The minimum absolute atomic E-state index is 0.0721. The second-order valence-corrected chi connectivity index (χ2v) is 22.7. The minimum atomic E-state index is -4.75. The molecule has 0 saturated heterocycles. The smallest absolute Gasteiger partial charge is 0.308 e. The number of nitriles is 1. The van der Waals surface area contributed by atoms with Crippen molar-refractivity contribution in [3.8, 4) is 119 Å². The maximum atomic E-state index is 15.7. The van der Waals surface area contributed by atoms with Crippen LogP contribution in [0, 0.1) is 11.3 Å². The molecule has 0 aliphatic rings. The summed E-state index contributed by atoms with van der Waals surface area (Å²) in [5.74, 6) is 0. The molecule has 0 spiro atoms. The molecule has 10 aromatic carbocycles. The lowest BCUT2D eigenvalue weighted by Gasteiger charge is -2.22. The van der Waals surface area contributed by atoms with Crippen molar-refractivity contribution < 1.29 is 13.2 Å². The van der Waals surface area contributed by atoms with Gasteiger partial charge in [0.05, 0.1) is 84.6 Å². The lowest BCUT2D eigenvalue weighted by Crippen LogP contribution is -2.10. The van der Waals surface area contributed by atoms with Crippen LogP contribution in [0.15, 0.2) is 303 Å². The van der Waals surface area contributed by atoms with Gasteiger partial charge < -0.3 is 9.13 Å². The molecule has 0 bridgehead atoms. The van der Waals surface area contributed by atoms with Crippen LogP contribution in [0.3, 0.4) is 0 Å². The van der Waals surface area contributed by atoms with Crippen molar-refractivity contribution in [3.05, 3.63) is 314 Å². The Labute approximate surface area is 527 Å². The Hall–Kier alpha value is -12.3. The second kappa shape index (κ2) is 22.7. The SMILES string of the molecule is N#Cc1c(-n2c3ccc(-c4cccc(-c5ccccc5)n4)cc3c3cc(-c4cccc(-c5ccccc5)n4)ccc32)ccc(-c2ccccc2C(F)(F)F)c1-n1c2ccc(-c3cccc(-c4ccccc4)n3)cc2c2cc(-c3cccc(-c4ccccc4)n3)ccc21. The van der Waals surface area contributed by atoms with E-state index in [4.69, 9.17) is 19.9 Å². The number of hydrogen-bond donors (Lipinski definition) is 0. The predicted octanol–water partition coefficient (Wildman–Crippen LogP) is 21.4. The number of pyridine rings is 4. The minimum Gasteiger partial charge on any atom is -0.308 e. The fourth-order valence-corrected chi connectivity index (χ4v) is 12.9. The summed E-state index contributed by atoms with van der Waals surface area (Å²) < 4.78 is 51.0. The van der Waals surface area contributed by atoms with E-state index >= 15 is 13.2 Å². The van der Waals surface area contributed by atoms with Gasteiger partial charge in [-0.1, -0.05) is 194 Å². The number of aromatic nitrogens is 6. The van der Waals surface area contributed by atoms with Crippen LogP contribution in [0.25, 0.3) is 156 Å². The summed E-state index contributed by atoms with van der Waals surface area (Å²) in [4.78, 5) is 20.7. The zero-order valence-corrected chi connectivity index (χ0v) is 49.1. The fourth-order valence-electron chi connectivity index (χ4n) is 12.9. The molecule has 6 aromatic heterocycles. The molecule has 0 N–H and O–H groups in total. The van der Waals surface area contributed by atoms with Gasteiger partial charge in [0, 0.05) is 71.6 Å². The van der Waals surface area contributed by atoms with Crippen LogP contribution in [-0.4, -0.2) is 29.1 Å². The molecule has 0 amide bonds. The van der Waals surface area contributed by atoms with E-state index in [1.165, 1.54) is 12.1 Å². The van der Waals surface area contributed by atoms with Gasteiger partial charge in [0.15, 0.2) is 0 Å². The summed E-state index contributed by atoms with van der Waals surface area (Å²) in [5.41, 5.74) is 16.7. The number of alkyl halides is 3. The molecule has 16 rings (SSSR count). The Morgan fingerprint density at radius 2 is 0.587 bits per heavy atom. The highest BCUT2D eigenvalue weighted by Crippen LogP contribution is 2.47. The summed E-state index contributed by atoms with van der Waals surface area (Å²) in [7, 11) is 0. The van der Waals surface area contributed by atoms with Gasteiger partial charge in [0.1, 0.15) is 11.6 Å². The van der Waals surface area contributed by atoms with Crippen LogP contribution in [0.5, 0.6) is 0 Å². The standard InChI is InChI=1S/C82H50F3N7/c83-82(84,85)67-28-14-13-27-60(67)61-41-46-80(91-76-42-37-56(72-33-15-29-68(87-72)52-19-5-1-6-20-52)47-62(76)63-48-57(38-43-77(63)91)73-34-16-30-69(88-73)53-21-7-2-8-22-53)66(51-86)81(61)92-78-44-39-58(74-35-17-31-70(89-74)54-23-9-3-10-24-54)49-64(78)65-50-59(40-45-79(65)92)75-36-18-32-71(90-75)55-25-11-4-12-26-55/h1-50H. The maximum Gasteiger partial charge on any atom is 0.417 e. The Kier molecular flexibility index (Phi) is 13.6. The molecule has 0 unspecified atom stereocenters. The van der Waals surface area contributed by atoms with Gasteiger partial charge in [0.2, 0.25) is 0 Å². The number of benzene rings is 10.